The van der Waals surface area contributed by atoms with Crippen molar-refractivity contribution in [2.24, 2.45) is 5.41 Å². The first kappa shape index (κ1) is 22.0. The van der Waals surface area contributed by atoms with E-state index in [1.54, 1.807) is 0 Å². The van der Waals surface area contributed by atoms with Gasteiger partial charge in [-0.3, -0.25) is 9.59 Å². The normalized spacial score (nSPS) is 13.8. The van der Waals surface area contributed by atoms with Gasteiger partial charge in [0, 0.05) is 31.1 Å². The van der Waals surface area contributed by atoms with Crippen molar-refractivity contribution in [3.8, 4) is 0 Å². The minimum absolute atomic E-state index is 0.0104. The highest BCUT2D eigenvalue weighted by atomic mass is 16.5. The number of nitrogens with one attached hydrogen (secondary N) is 2. The summed E-state index contributed by atoms with van der Waals surface area (Å²) >= 11 is 0. The summed E-state index contributed by atoms with van der Waals surface area (Å²) in [5, 5.41) is 10.7. The van der Waals surface area contributed by atoms with Gasteiger partial charge in [-0.1, -0.05) is 56.3 Å². The zero-order chi connectivity index (χ0) is 22.7. The van der Waals surface area contributed by atoms with Crippen LogP contribution in [-0.2, 0) is 17.8 Å². The lowest BCUT2D eigenvalue weighted by molar-refractivity contribution is -0.121. The molecule has 0 radical (unpaired) electrons. The molecule has 2 aromatic heterocycles. The molecular weight excluding hydrogens is 404 g/mol. The molecule has 4 rings (SSSR count). The third-order valence-corrected chi connectivity index (χ3v) is 5.45. The topological polar surface area (TPSA) is 97.1 Å². The van der Waals surface area contributed by atoms with Crippen LogP contribution in [-0.4, -0.2) is 28.5 Å². The quantitative estimate of drug-likeness (QED) is 0.556. The van der Waals surface area contributed by atoms with Crippen molar-refractivity contribution < 1.29 is 14.1 Å². The van der Waals surface area contributed by atoms with Crippen molar-refractivity contribution in [3.63, 3.8) is 0 Å². The van der Waals surface area contributed by atoms with Crippen molar-refractivity contribution in [1.29, 1.82) is 0 Å². The predicted molar refractivity (Wildman–Crippen MR) is 122 cm³/mol. The minimum atomic E-state index is -0.228. The van der Waals surface area contributed by atoms with Gasteiger partial charge in [0.05, 0.1) is 16.6 Å². The number of carbonyl (C=O) groups excluding carboxylic acids is 2. The Morgan fingerprint density at radius 1 is 1.12 bits per heavy atom. The molecule has 0 saturated heterocycles. The maximum absolute atomic E-state index is 13.1. The fraction of sp³-hybridized carbons (Fsp3) is 0.440. The van der Waals surface area contributed by atoms with Crippen molar-refractivity contribution in [1.82, 2.24) is 20.8 Å². The molecule has 3 aromatic rings. The van der Waals surface area contributed by atoms with Crippen molar-refractivity contribution in [2.75, 3.05) is 6.54 Å². The Labute approximate surface area is 188 Å². The summed E-state index contributed by atoms with van der Waals surface area (Å²) in [5.74, 6) is 0.0468. The number of hydrogen-bond donors (Lipinski definition) is 2. The van der Waals surface area contributed by atoms with Gasteiger partial charge in [0.2, 0.25) is 5.91 Å². The van der Waals surface area contributed by atoms with E-state index in [-0.39, 0.29) is 30.2 Å². The van der Waals surface area contributed by atoms with Gasteiger partial charge in [-0.05, 0) is 36.3 Å². The number of aromatic nitrogens is 2. The van der Waals surface area contributed by atoms with E-state index in [1.165, 1.54) is 0 Å². The Kier molecular flexibility index (Phi) is 6.26. The number of benzene rings is 1. The summed E-state index contributed by atoms with van der Waals surface area (Å²) < 4.78 is 5.52. The van der Waals surface area contributed by atoms with Crippen LogP contribution in [0.15, 0.2) is 40.9 Å². The van der Waals surface area contributed by atoms with Gasteiger partial charge in [-0.25, -0.2) is 4.98 Å². The molecule has 1 fully saturated rings. The minimum Gasteiger partial charge on any atom is -0.352 e. The lowest BCUT2D eigenvalue weighted by Crippen LogP contribution is -2.30. The second-order valence-electron chi connectivity index (χ2n) is 9.68. The number of rotatable bonds is 8. The summed E-state index contributed by atoms with van der Waals surface area (Å²) in [7, 11) is 0. The molecule has 1 aliphatic carbocycles. The molecule has 168 valence electrons. The van der Waals surface area contributed by atoms with Crippen LogP contribution in [0.1, 0.15) is 73.3 Å². The van der Waals surface area contributed by atoms with Crippen molar-refractivity contribution in [3.05, 3.63) is 58.9 Å². The van der Waals surface area contributed by atoms with Crippen molar-refractivity contribution >= 4 is 22.9 Å². The summed E-state index contributed by atoms with van der Waals surface area (Å²) in [6, 6.07) is 11.6. The number of carbonyl (C=O) groups is 2. The highest BCUT2D eigenvalue weighted by Crippen LogP contribution is 2.40. The van der Waals surface area contributed by atoms with E-state index in [0.717, 1.165) is 29.8 Å². The summed E-state index contributed by atoms with van der Waals surface area (Å²) in [6.07, 6.45) is 3.03. The molecule has 1 saturated carbocycles. The van der Waals surface area contributed by atoms with Crippen LogP contribution in [0.25, 0.3) is 11.1 Å². The molecule has 2 N–H and O–H groups in total. The summed E-state index contributed by atoms with van der Waals surface area (Å²) in [4.78, 5) is 29.9. The Morgan fingerprint density at radius 2 is 1.88 bits per heavy atom. The maximum Gasteiger partial charge on any atom is 0.259 e. The van der Waals surface area contributed by atoms with Crippen LogP contribution >= 0.6 is 0 Å². The van der Waals surface area contributed by atoms with Gasteiger partial charge >= 0.3 is 0 Å². The van der Waals surface area contributed by atoms with Crippen LogP contribution in [0.4, 0.5) is 0 Å². The van der Waals surface area contributed by atoms with Crippen LogP contribution in [0.2, 0.25) is 0 Å². The Morgan fingerprint density at radius 3 is 2.56 bits per heavy atom. The third-order valence-electron chi connectivity index (χ3n) is 5.45. The number of hydrogen-bond acceptors (Lipinski definition) is 5. The van der Waals surface area contributed by atoms with E-state index in [1.807, 2.05) is 36.4 Å². The van der Waals surface area contributed by atoms with Gasteiger partial charge in [-0.15, -0.1) is 0 Å². The second kappa shape index (κ2) is 9.10. The van der Waals surface area contributed by atoms with Gasteiger partial charge in [0.15, 0.2) is 0 Å². The van der Waals surface area contributed by atoms with Gasteiger partial charge in [-0.2, -0.15) is 0 Å². The van der Waals surface area contributed by atoms with E-state index < -0.39 is 0 Å². The number of amides is 2. The predicted octanol–water partition coefficient (Wildman–Crippen LogP) is 4.13. The molecule has 1 aliphatic rings. The Balaban J connectivity index is 1.43. The molecule has 0 bridgehead atoms. The first-order chi connectivity index (χ1) is 15.3. The largest absolute Gasteiger partial charge is 0.352 e. The van der Waals surface area contributed by atoms with E-state index in [2.05, 4.69) is 41.5 Å². The Bertz CT molecular complexity index is 1110. The molecular formula is C25H30N4O3. The molecule has 7 nitrogen and oxygen atoms in total. The molecule has 7 heteroatoms. The standard InChI is InChI=1S/C25H30N4O3/c1-25(2,3)14-20-22-18(13-19(17-9-10-17)28-24(22)32-29-20)23(31)26-12-11-21(30)27-15-16-7-5-4-6-8-16/h4-8,13,17H,9-12,14-15H2,1-3H3,(H,26,31)(H,27,30). The fourth-order valence-corrected chi connectivity index (χ4v) is 3.69. The SMILES string of the molecule is CC(C)(C)Cc1noc2nc(C3CC3)cc(C(=O)NCCC(=O)NCc3ccccc3)c12. The maximum atomic E-state index is 13.1. The van der Waals surface area contributed by atoms with E-state index in [9.17, 15) is 9.59 Å². The first-order valence-electron chi connectivity index (χ1n) is 11.2. The van der Waals surface area contributed by atoms with Gasteiger partial charge in [0.25, 0.3) is 11.6 Å². The summed E-state index contributed by atoms with van der Waals surface area (Å²) in [5.41, 5.74) is 3.59. The fourth-order valence-electron chi connectivity index (χ4n) is 3.69. The van der Waals surface area contributed by atoms with Crippen LogP contribution < -0.4 is 10.6 Å². The molecule has 0 aliphatic heterocycles. The zero-order valence-corrected chi connectivity index (χ0v) is 18.9. The monoisotopic (exact) mass is 434 g/mol. The van der Waals surface area contributed by atoms with Crippen LogP contribution in [0.3, 0.4) is 0 Å². The van der Waals surface area contributed by atoms with E-state index in [4.69, 9.17) is 4.52 Å². The van der Waals surface area contributed by atoms with Gasteiger partial charge in [0.1, 0.15) is 0 Å². The lowest BCUT2D eigenvalue weighted by Gasteiger charge is -2.16. The first-order valence-corrected chi connectivity index (χ1v) is 11.2. The molecule has 0 atom stereocenters. The third kappa shape index (κ3) is 5.52. The van der Waals surface area contributed by atoms with Crippen molar-refractivity contribution in [2.45, 2.75) is 58.9 Å². The molecule has 2 amide bonds. The Hall–Kier alpha value is -3.22. The van der Waals surface area contributed by atoms with E-state index in [0.29, 0.717) is 35.5 Å². The lowest BCUT2D eigenvalue weighted by atomic mass is 9.89. The molecule has 0 unspecified atom stereocenters. The van der Waals surface area contributed by atoms with Gasteiger partial charge < -0.3 is 15.2 Å². The number of nitrogens with zero attached hydrogens (tertiary/aromatic N) is 2. The second-order valence-corrected chi connectivity index (χ2v) is 9.68. The molecule has 0 spiro atoms. The summed E-state index contributed by atoms with van der Waals surface area (Å²) in [6.45, 7) is 7.08. The average Bonchev–Trinajstić information content (AvgIpc) is 3.53. The molecule has 32 heavy (non-hydrogen) atoms. The number of pyridine rings is 1. The van der Waals surface area contributed by atoms with E-state index >= 15 is 0 Å². The molecule has 2 heterocycles. The van der Waals surface area contributed by atoms with Crippen LogP contribution in [0.5, 0.6) is 0 Å². The highest BCUT2D eigenvalue weighted by Gasteiger charge is 2.30. The smallest absolute Gasteiger partial charge is 0.259 e. The van der Waals surface area contributed by atoms with Crippen LogP contribution in [0, 0.1) is 5.41 Å². The highest BCUT2D eigenvalue weighted by molar-refractivity contribution is 6.06. The zero-order valence-electron chi connectivity index (χ0n) is 18.9. The average molecular weight is 435 g/mol. The molecule has 1 aromatic carbocycles. The number of fused-ring (bicyclic) bond motifs is 1.